The van der Waals surface area contributed by atoms with Crippen LogP contribution >= 0.6 is 27.5 Å². The van der Waals surface area contributed by atoms with Crippen molar-refractivity contribution in [3.8, 4) is 11.4 Å². The van der Waals surface area contributed by atoms with Crippen molar-refractivity contribution < 1.29 is 9.53 Å². The Kier molecular flexibility index (Phi) is 6.21. The van der Waals surface area contributed by atoms with Crippen LogP contribution in [0.15, 0.2) is 58.1 Å². The lowest BCUT2D eigenvalue weighted by atomic mass is 10.2. The topological polar surface area (TPSA) is 55.6 Å². The summed E-state index contributed by atoms with van der Waals surface area (Å²) >= 11 is 9.76. The summed E-state index contributed by atoms with van der Waals surface area (Å²) in [5, 5.41) is 4.37. The van der Waals surface area contributed by atoms with E-state index < -0.39 is 0 Å². The van der Waals surface area contributed by atoms with E-state index in [4.69, 9.17) is 16.3 Å². The van der Waals surface area contributed by atoms with E-state index in [0.29, 0.717) is 10.6 Å². The maximum absolute atomic E-state index is 12.4. The van der Waals surface area contributed by atoms with Gasteiger partial charge in [-0.3, -0.25) is 4.79 Å². The van der Waals surface area contributed by atoms with Crippen LogP contribution in [0, 0.1) is 13.8 Å². The normalized spacial score (nSPS) is 11.0. The van der Waals surface area contributed by atoms with Crippen LogP contribution in [0.5, 0.6) is 5.75 Å². The second-order valence-electron chi connectivity index (χ2n) is 6.21. The van der Waals surface area contributed by atoms with Crippen LogP contribution in [0.3, 0.4) is 0 Å². The van der Waals surface area contributed by atoms with Crippen molar-refractivity contribution in [2.75, 3.05) is 7.11 Å². The molecule has 5 nitrogen and oxygen atoms in total. The SMILES string of the molecule is COc1ccc(/C=N\NC(=O)c2ccc(-n3c(C)ccc3C)cc2Cl)cc1Br. The molecule has 0 fully saturated rings. The molecule has 2 aromatic carbocycles. The van der Waals surface area contributed by atoms with E-state index in [9.17, 15) is 4.79 Å². The number of nitrogens with one attached hydrogen (secondary N) is 1. The third-order valence-electron chi connectivity index (χ3n) is 4.28. The van der Waals surface area contributed by atoms with E-state index >= 15 is 0 Å². The molecule has 0 aliphatic carbocycles. The molecule has 1 heterocycles. The van der Waals surface area contributed by atoms with Crippen molar-refractivity contribution in [3.05, 3.63) is 80.5 Å². The Bertz CT molecular complexity index is 1040. The molecule has 3 aromatic rings. The molecule has 144 valence electrons. The lowest BCUT2D eigenvalue weighted by molar-refractivity contribution is 0.0955. The number of benzene rings is 2. The molecule has 0 saturated carbocycles. The molecule has 7 heteroatoms. The van der Waals surface area contributed by atoms with Gasteiger partial charge in [-0.25, -0.2) is 5.43 Å². The zero-order chi connectivity index (χ0) is 20.3. The van der Waals surface area contributed by atoms with Gasteiger partial charge in [-0.15, -0.1) is 0 Å². The van der Waals surface area contributed by atoms with Gasteiger partial charge < -0.3 is 9.30 Å². The third kappa shape index (κ3) is 4.29. The highest BCUT2D eigenvalue weighted by Gasteiger charge is 2.12. The molecule has 0 spiro atoms. The Labute approximate surface area is 177 Å². The quantitative estimate of drug-likeness (QED) is 0.416. The molecule has 0 radical (unpaired) electrons. The van der Waals surface area contributed by atoms with Crippen molar-refractivity contribution in [3.63, 3.8) is 0 Å². The van der Waals surface area contributed by atoms with E-state index in [0.717, 1.165) is 32.9 Å². The average molecular weight is 461 g/mol. The second-order valence-corrected chi connectivity index (χ2v) is 7.47. The van der Waals surface area contributed by atoms with Gasteiger partial charge in [-0.2, -0.15) is 5.10 Å². The molecule has 1 N–H and O–H groups in total. The van der Waals surface area contributed by atoms with Gasteiger partial charge in [0.2, 0.25) is 0 Å². The molecule has 0 unspecified atom stereocenters. The first-order valence-electron chi connectivity index (χ1n) is 8.52. The number of carbonyl (C=O) groups excluding carboxylic acids is 1. The van der Waals surface area contributed by atoms with Crippen LogP contribution in [-0.4, -0.2) is 23.8 Å². The molecule has 3 rings (SSSR count). The fraction of sp³-hybridized carbons (Fsp3) is 0.143. The van der Waals surface area contributed by atoms with Crippen molar-refractivity contribution in [2.24, 2.45) is 5.10 Å². The van der Waals surface area contributed by atoms with Crippen molar-refractivity contribution >= 4 is 39.7 Å². The Morgan fingerprint density at radius 3 is 2.46 bits per heavy atom. The first-order valence-corrected chi connectivity index (χ1v) is 9.69. The van der Waals surface area contributed by atoms with Crippen molar-refractivity contribution in [1.82, 2.24) is 9.99 Å². The van der Waals surface area contributed by atoms with Crippen LogP contribution in [0.1, 0.15) is 27.3 Å². The smallest absolute Gasteiger partial charge is 0.272 e. The van der Waals surface area contributed by atoms with Crippen LogP contribution in [0.25, 0.3) is 5.69 Å². The second kappa shape index (κ2) is 8.63. The lowest BCUT2D eigenvalue weighted by Crippen LogP contribution is -2.18. The van der Waals surface area contributed by atoms with E-state index in [1.807, 2.05) is 50.2 Å². The number of ether oxygens (including phenoxy) is 1. The minimum absolute atomic E-state index is 0.362. The number of hydrazone groups is 1. The number of methoxy groups -OCH3 is 1. The Morgan fingerprint density at radius 2 is 1.86 bits per heavy atom. The summed E-state index contributed by atoms with van der Waals surface area (Å²) in [7, 11) is 1.60. The zero-order valence-corrected chi connectivity index (χ0v) is 18.0. The number of rotatable bonds is 5. The van der Waals surface area contributed by atoms with Gasteiger partial charge in [0.15, 0.2) is 0 Å². The van der Waals surface area contributed by atoms with Gasteiger partial charge in [0, 0.05) is 17.1 Å². The largest absolute Gasteiger partial charge is 0.496 e. The van der Waals surface area contributed by atoms with E-state index in [-0.39, 0.29) is 5.91 Å². The van der Waals surface area contributed by atoms with Gasteiger partial charge in [0.25, 0.3) is 5.91 Å². The first-order chi connectivity index (χ1) is 13.4. The molecule has 0 saturated heterocycles. The molecule has 0 aliphatic heterocycles. The minimum Gasteiger partial charge on any atom is -0.496 e. The Balaban J connectivity index is 1.73. The van der Waals surface area contributed by atoms with Crippen LogP contribution in [0.4, 0.5) is 0 Å². The predicted molar refractivity (Wildman–Crippen MR) is 116 cm³/mol. The summed E-state index contributed by atoms with van der Waals surface area (Å²) in [6.45, 7) is 4.04. The van der Waals surface area contributed by atoms with Gasteiger partial charge in [0.1, 0.15) is 5.75 Å². The van der Waals surface area contributed by atoms with Crippen LogP contribution in [0.2, 0.25) is 5.02 Å². The Morgan fingerprint density at radius 1 is 1.14 bits per heavy atom. The monoisotopic (exact) mass is 459 g/mol. The molecule has 0 aliphatic rings. The number of carbonyl (C=O) groups is 1. The van der Waals surface area contributed by atoms with Crippen molar-refractivity contribution in [2.45, 2.75) is 13.8 Å². The van der Waals surface area contributed by atoms with Crippen LogP contribution < -0.4 is 10.2 Å². The fourth-order valence-electron chi connectivity index (χ4n) is 2.89. The summed E-state index contributed by atoms with van der Waals surface area (Å²) < 4.78 is 8.07. The van der Waals surface area contributed by atoms with Crippen LogP contribution in [-0.2, 0) is 0 Å². The maximum Gasteiger partial charge on any atom is 0.272 e. The number of aryl methyl sites for hydroxylation is 2. The minimum atomic E-state index is -0.374. The highest BCUT2D eigenvalue weighted by Crippen LogP contribution is 2.25. The highest BCUT2D eigenvalue weighted by molar-refractivity contribution is 9.10. The number of nitrogens with zero attached hydrogens (tertiary/aromatic N) is 2. The average Bonchev–Trinajstić information content (AvgIpc) is 3.00. The highest BCUT2D eigenvalue weighted by atomic mass is 79.9. The molecule has 1 amide bonds. The summed E-state index contributed by atoms with van der Waals surface area (Å²) in [5.41, 5.74) is 6.79. The summed E-state index contributed by atoms with van der Waals surface area (Å²) in [6.07, 6.45) is 1.55. The fourth-order valence-corrected chi connectivity index (χ4v) is 3.71. The predicted octanol–water partition coefficient (Wildman–Crippen LogP) is 5.28. The van der Waals surface area contributed by atoms with Crippen molar-refractivity contribution in [1.29, 1.82) is 0 Å². The van der Waals surface area contributed by atoms with Gasteiger partial charge >= 0.3 is 0 Å². The van der Waals surface area contributed by atoms with E-state index in [1.165, 1.54) is 0 Å². The lowest BCUT2D eigenvalue weighted by Gasteiger charge is -2.11. The molecular weight excluding hydrogens is 442 g/mol. The number of hydrogen-bond acceptors (Lipinski definition) is 3. The zero-order valence-electron chi connectivity index (χ0n) is 15.7. The molecular formula is C21H19BrClN3O2. The molecule has 0 bridgehead atoms. The third-order valence-corrected chi connectivity index (χ3v) is 5.21. The maximum atomic E-state index is 12.4. The summed E-state index contributed by atoms with van der Waals surface area (Å²) in [6, 6.07) is 14.9. The first kappa shape index (κ1) is 20.2. The number of hydrogen-bond donors (Lipinski definition) is 1. The number of amides is 1. The van der Waals surface area contributed by atoms with Gasteiger partial charge in [0.05, 0.1) is 28.4 Å². The standard InChI is InChI=1S/C21H19BrClN3O2/c1-13-4-5-14(2)26(13)16-7-8-17(19(23)11-16)21(27)25-24-12-15-6-9-20(28-3)18(22)10-15/h4-12H,1-3H3,(H,25,27)/b24-12-. The summed E-state index contributed by atoms with van der Waals surface area (Å²) in [5.74, 6) is 0.350. The Hall–Kier alpha value is -2.57. The summed E-state index contributed by atoms with van der Waals surface area (Å²) in [4.78, 5) is 12.4. The van der Waals surface area contributed by atoms with Gasteiger partial charge in [-0.1, -0.05) is 11.6 Å². The molecule has 28 heavy (non-hydrogen) atoms. The molecule has 1 aromatic heterocycles. The van der Waals surface area contributed by atoms with Gasteiger partial charge in [-0.05, 0) is 83.9 Å². The van der Waals surface area contributed by atoms with E-state index in [1.54, 1.807) is 25.5 Å². The number of halogens is 2. The number of aromatic nitrogens is 1. The van der Waals surface area contributed by atoms with E-state index in [2.05, 4.69) is 31.0 Å². The molecule has 0 atom stereocenters.